The Bertz CT molecular complexity index is 1410. The smallest absolute Gasteiger partial charge is 0.321 e. The van der Waals surface area contributed by atoms with E-state index in [0.29, 0.717) is 5.58 Å². The number of hydrogen-bond donors (Lipinski definition) is 2. The molecular weight excluding hydrogens is 460 g/mol. The molecule has 0 bridgehead atoms. The normalized spacial score (nSPS) is 16.5. The van der Waals surface area contributed by atoms with Gasteiger partial charge in [0.15, 0.2) is 0 Å². The molecule has 0 unspecified atom stereocenters. The lowest BCUT2D eigenvalue weighted by Gasteiger charge is -2.18. The molecule has 176 valence electrons. The minimum Gasteiger partial charge on any atom is -0.480 e. The van der Waals surface area contributed by atoms with Crippen molar-refractivity contribution in [1.82, 2.24) is 9.62 Å². The van der Waals surface area contributed by atoms with E-state index >= 15 is 0 Å². The lowest BCUT2D eigenvalue weighted by atomic mass is 9.96. The Morgan fingerprint density at radius 2 is 1.74 bits per heavy atom. The average molecular weight is 483 g/mol. The standard InChI is InChI=1S/C24H22N2O7S/c27-22-17-6-1-2-7-18(17)23(28)26(22)12-11-19(24(29)30)25-34(31,32)14-9-10-16-15-5-3-4-8-20(15)33-21(16)13-14/h1-2,6-7,9-10,13,19,25H,3-5,8,11-12H2,(H,29,30)/t19-/m1/s1. The third-order valence-electron chi connectivity index (χ3n) is 6.35. The molecule has 1 aliphatic carbocycles. The van der Waals surface area contributed by atoms with E-state index in [2.05, 4.69) is 4.72 Å². The summed E-state index contributed by atoms with van der Waals surface area (Å²) >= 11 is 0. The van der Waals surface area contributed by atoms with E-state index in [4.69, 9.17) is 4.42 Å². The summed E-state index contributed by atoms with van der Waals surface area (Å²) in [5, 5.41) is 10.5. The summed E-state index contributed by atoms with van der Waals surface area (Å²) < 4.78 is 34.0. The van der Waals surface area contributed by atoms with Crippen LogP contribution >= 0.6 is 0 Å². The molecule has 2 heterocycles. The predicted octanol–water partition coefficient (Wildman–Crippen LogP) is 2.73. The Morgan fingerprint density at radius 3 is 2.41 bits per heavy atom. The number of nitrogens with one attached hydrogen (secondary N) is 1. The maximum Gasteiger partial charge on any atom is 0.321 e. The molecule has 2 aliphatic rings. The summed E-state index contributed by atoms with van der Waals surface area (Å²) in [5.74, 6) is -1.59. The monoisotopic (exact) mass is 482 g/mol. The van der Waals surface area contributed by atoms with E-state index in [1.54, 1.807) is 18.2 Å². The van der Waals surface area contributed by atoms with Crippen LogP contribution in [0, 0.1) is 0 Å². The van der Waals surface area contributed by atoms with Crippen LogP contribution in [0.3, 0.4) is 0 Å². The van der Waals surface area contributed by atoms with E-state index in [1.165, 1.54) is 24.3 Å². The van der Waals surface area contributed by atoms with Gasteiger partial charge in [-0.3, -0.25) is 19.3 Å². The van der Waals surface area contributed by atoms with Gasteiger partial charge in [-0.15, -0.1) is 0 Å². The number of carbonyl (C=O) groups is 3. The van der Waals surface area contributed by atoms with Gasteiger partial charge in [-0.25, -0.2) is 8.42 Å². The van der Waals surface area contributed by atoms with Crippen LogP contribution < -0.4 is 4.72 Å². The van der Waals surface area contributed by atoms with Crippen molar-refractivity contribution in [3.05, 3.63) is 64.9 Å². The number of aryl methyl sites for hydroxylation is 2. The fraction of sp³-hybridized carbons (Fsp3) is 0.292. The van der Waals surface area contributed by atoms with Gasteiger partial charge in [0, 0.05) is 30.0 Å². The highest BCUT2D eigenvalue weighted by Crippen LogP contribution is 2.33. The van der Waals surface area contributed by atoms with Crippen molar-refractivity contribution in [2.75, 3.05) is 6.54 Å². The molecule has 0 fully saturated rings. The van der Waals surface area contributed by atoms with Gasteiger partial charge in [0.1, 0.15) is 17.4 Å². The third-order valence-corrected chi connectivity index (χ3v) is 7.82. The summed E-state index contributed by atoms with van der Waals surface area (Å²) in [7, 11) is -4.20. The third kappa shape index (κ3) is 3.78. The second-order valence-electron chi connectivity index (χ2n) is 8.48. The van der Waals surface area contributed by atoms with Crippen molar-refractivity contribution in [2.24, 2.45) is 0 Å². The van der Waals surface area contributed by atoms with Gasteiger partial charge in [0.25, 0.3) is 11.8 Å². The van der Waals surface area contributed by atoms with Crippen LogP contribution in [0.2, 0.25) is 0 Å². The van der Waals surface area contributed by atoms with Gasteiger partial charge in [0.2, 0.25) is 10.0 Å². The van der Waals surface area contributed by atoms with Gasteiger partial charge < -0.3 is 9.52 Å². The maximum absolute atomic E-state index is 13.0. The fourth-order valence-electron chi connectivity index (χ4n) is 4.60. The van der Waals surface area contributed by atoms with E-state index in [1.807, 2.05) is 0 Å². The van der Waals surface area contributed by atoms with E-state index in [0.717, 1.165) is 47.3 Å². The zero-order valence-corrected chi connectivity index (χ0v) is 18.9. The van der Waals surface area contributed by atoms with Crippen LogP contribution in [-0.4, -0.2) is 48.8 Å². The molecule has 2 aromatic carbocycles. The fourth-order valence-corrected chi connectivity index (χ4v) is 5.84. The first-order valence-electron chi connectivity index (χ1n) is 11.0. The molecule has 1 aromatic heterocycles. The zero-order valence-electron chi connectivity index (χ0n) is 18.1. The topological polar surface area (TPSA) is 134 Å². The second-order valence-corrected chi connectivity index (χ2v) is 10.2. The molecule has 2 amide bonds. The molecule has 5 rings (SSSR count). The molecular formula is C24H22N2O7S. The molecule has 0 radical (unpaired) electrons. The Morgan fingerprint density at radius 1 is 1.06 bits per heavy atom. The van der Waals surface area contributed by atoms with Crippen LogP contribution in [0.5, 0.6) is 0 Å². The molecule has 9 nitrogen and oxygen atoms in total. The summed E-state index contributed by atoms with van der Waals surface area (Å²) in [4.78, 5) is 37.7. The SMILES string of the molecule is O=C(O)[C@@H](CCN1C(=O)c2ccccc2C1=O)NS(=O)(=O)c1ccc2c3c(oc2c1)CCCC3. The highest BCUT2D eigenvalue weighted by Gasteiger charge is 2.36. The Balaban J connectivity index is 1.33. The van der Waals surface area contributed by atoms with Gasteiger partial charge in [-0.05, 0) is 49.9 Å². The Labute approximate surface area is 195 Å². The lowest BCUT2D eigenvalue weighted by molar-refractivity contribution is -0.139. The number of sulfonamides is 1. The maximum atomic E-state index is 13.0. The first kappa shape index (κ1) is 22.3. The molecule has 1 aliphatic heterocycles. The van der Waals surface area contributed by atoms with Gasteiger partial charge in [-0.1, -0.05) is 12.1 Å². The molecule has 0 saturated heterocycles. The molecule has 2 N–H and O–H groups in total. The van der Waals surface area contributed by atoms with Crippen LogP contribution in [0.15, 0.2) is 51.8 Å². The number of carbonyl (C=O) groups excluding carboxylic acids is 2. The van der Waals surface area contributed by atoms with Crippen molar-refractivity contribution in [1.29, 1.82) is 0 Å². The molecule has 10 heteroatoms. The number of carboxylic acids is 1. The Kier molecular flexibility index (Phi) is 5.49. The van der Waals surface area contributed by atoms with Crippen molar-refractivity contribution in [3.8, 4) is 0 Å². The highest BCUT2D eigenvalue weighted by molar-refractivity contribution is 7.89. The summed E-state index contributed by atoms with van der Waals surface area (Å²) in [6.07, 6.45) is 3.48. The minimum absolute atomic E-state index is 0.113. The van der Waals surface area contributed by atoms with Gasteiger partial charge in [0.05, 0.1) is 16.0 Å². The van der Waals surface area contributed by atoms with Crippen LogP contribution in [0.25, 0.3) is 11.0 Å². The number of carboxylic acid groups (broad SMARTS) is 1. The summed E-state index contributed by atoms with van der Waals surface area (Å²) in [6.45, 7) is -0.240. The van der Waals surface area contributed by atoms with Gasteiger partial charge in [-0.2, -0.15) is 4.72 Å². The number of rotatable bonds is 7. The molecule has 1 atom stereocenters. The van der Waals surface area contributed by atoms with Crippen molar-refractivity contribution in [2.45, 2.75) is 43.0 Å². The van der Waals surface area contributed by atoms with E-state index < -0.39 is 33.8 Å². The average Bonchev–Trinajstić information content (AvgIpc) is 3.31. The van der Waals surface area contributed by atoms with E-state index in [9.17, 15) is 27.9 Å². The minimum atomic E-state index is -4.20. The molecule has 3 aromatic rings. The number of benzene rings is 2. The van der Waals surface area contributed by atoms with Gasteiger partial charge >= 0.3 is 5.97 Å². The highest BCUT2D eigenvalue weighted by atomic mass is 32.2. The molecule has 0 spiro atoms. The summed E-state index contributed by atoms with van der Waals surface area (Å²) in [5.41, 5.74) is 2.04. The van der Waals surface area contributed by atoms with Crippen LogP contribution in [0.1, 0.15) is 51.3 Å². The number of amides is 2. The predicted molar refractivity (Wildman–Crippen MR) is 121 cm³/mol. The number of imide groups is 1. The number of fused-ring (bicyclic) bond motifs is 4. The largest absolute Gasteiger partial charge is 0.480 e. The lowest BCUT2D eigenvalue weighted by Crippen LogP contribution is -2.43. The van der Waals surface area contributed by atoms with Crippen molar-refractivity contribution in [3.63, 3.8) is 0 Å². The van der Waals surface area contributed by atoms with E-state index in [-0.39, 0.29) is 29.0 Å². The number of nitrogens with zero attached hydrogens (tertiary/aromatic N) is 1. The van der Waals surface area contributed by atoms with Crippen molar-refractivity contribution >= 4 is 38.8 Å². The number of hydrogen-bond acceptors (Lipinski definition) is 6. The van der Waals surface area contributed by atoms with Crippen LogP contribution in [0.4, 0.5) is 0 Å². The van der Waals surface area contributed by atoms with Crippen molar-refractivity contribution < 1.29 is 32.3 Å². The Hall–Kier alpha value is -3.50. The first-order chi connectivity index (χ1) is 16.3. The first-order valence-corrected chi connectivity index (χ1v) is 12.5. The quantitative estimate of drug-likeness (QED) is 0.495. The molecule has 34 heavy (non-hydrogen) atoms. The molecule has 0 saturated carbocycles. The summed E-state index contributed by atoms with van der Waals surface area (Å²) in [6, 6.07) is 9.30. The zero-order chi connectivity index (χ0) is 24.0. The number of aliphatic carboxylic acids is 1. The van der Waals surface area contributed by atoms with Crippen LogP contribution in [-0.2, 0) is 27.7 Å². The second kappa shape index (κ2) is 8.37. The number of furan rings is 1.